The van der Waals surface area contributed by atoms with Crippen LogP contribution < -0.4 is 9.47 Å². The van der Waals surface area contributed by atoms with E-state index >= 15 is 0 Å². The normalized spacial score (nSPS) is 12.1. The van der Waals surface area contributed by atoms with Crippen LogP contribution in [0.2, 0.25) is 0 Å². The van der Waals surface area contributed by atoms with Crippen LogP contribution in [0.25, 0.3) is 0 Å². The summed E-state index contributed by atoms with van der Waals surface area (Å²) < 4.78 is 24.5. The third-order valence-corrected chi connectivity index (χ3v) is 4.08. The molecule has 0 saturated heterocycles. The lowest BCUT2D eigenvalue weighted by Crippen LogP contribution is -1.99. The van der Waals surface area contributed by atoms with Crippen molar-refractivity contribution in [3.05, 3.63) is 57.8 Å². The summed E-state index contributed by atoms with van der Waals surface area (Å²) in [7, 11) is 3.14. The minimum atomic E-state index is -0.501. The number of methoxy groups -OCH3 is 2. The molecule has 2 aromatic rings. The summed E-state index contributed by atoms with van der Waals surface area (Å²) in [5, 5.41) is -0.501. The molecular weight excluding hydrogens is 347 g/mol. The Labute approximate surface area is 130 Å². The van der Waals surface area contributed by atoms with Crippen LogP contribution in [0.4, 0.5) is 4.39 Å². The van der Waals surface area contributed by atoms with Crippen molar-refractivity contribution in [1.82, 2.24) is 0 Å². The quantitative estimate of drug-likeness (QED) is 0.720. The van der Waals surface area contributed by atoms with E-state index in [-0.39, 0.29) is 5.82 Å². The fraction of sp³-hybridized carbons (Fsp3) is 0.200. The third kappa shape index (κ3) is 3.07. The molecule has 0 bridgehead atoms. The van der Waals surface area contributed by atoms with E-state index in [1.807, 2.05) is 6.07 Å². The molecule has 0 aromatic heterocycles. The second-order valence-corrected chi connectivity index (χ2v) is 5.43. The van der Waals surface area contributed by atoms with Crippen LogP contribution >= 0.6 is 27.5 Å². The summed E-state index contributed by atoms with van der Waals surface area (Å²) in [6, 6.07) is 10.2. The number of hydrogen-bond donors (Lipinski definition) is 0. The van der Waals surface area contributed by atoms with Gasteiger partial charge in [-0.15, -0.1) is 11.6 Å². The van der Waals surface area contributed by atoms with Crippen molar-refractivity contribution in [1.29, 1.82) is 0 Å². The van der Waals surface area contributed by atoms with Crippen molar-refractivity contribution in [2.24, 2.45) is 0 Å². The fourth-order valence-corrected chi connectivity index (χ4v) is 2.44. The molecule has 1 atom stereocenters. The number of rotatable bonds is 4. The van der Waals surface area contributed by atoms with Gasteiger partial charge in [0, 0.05) is 11.6 Å². The number of hydrogen-bond acceptors (Lipinski definition) is 2. The van der Waals surface area contributed by atoms with Gasteiger partial charge in [0.15, 0.2) is 0 Å². The molecule has 2 nitrogen and oxygen atoms in total. The Kier molecular flexibility index (Phi) is 4.89. The highest BCUT2D eigenvalue weighted by atomic mass is 79.9. The molecule has 0 aliphatic rings. The maximum atomic E-state index is 13.6. The first-order valence-electron chi connectivity index (χ1n) is 5.87. The van der Waals surface area contributed by atoms with Gasteiger partial charge in [0.1, 0.15) is 17.3 Å². The molecule has 2 aromatic carbocycles. The Hall–Kier alpha value is -1.26. The predicted octanol–water partition coefficient (Wildman–Crippen LogP) is 4.93. The lowest BCUT2D eigenvalue weighted by molar-refractivity contribution is 0.391. The molecule has 0 spiro atoms. The second kappa shape index (κ2) is 6.46. The van der Waals surface area contributed by atoms with Crippen molar-refractivity contribution in [2.45, 2.75) is 5.38 Å². The Balaban J connectivity index is 2.41. The van der Waals surface area contributed by atoms with Crippen LogP contribution in [0, 0.1) is 5.82 Å². The van der Waals surface area contributed by atoms with Crippen LogP contribution in [0.15, 0.2) is 40.9 Å². The van der Waals surface area contributed by atoms with Crippen molar-refractivity contribution in [3.8, 4) is 11.5 Å². The summed E-state index contributed by atoms with van der Waals surface area (Å²) in [5.41, 5.74) is 1.42. The van der Waals surface area contributed by atoms with E-state index in [2.05, 4.69) is 15.9 Å². The van der Waals surface area contributed by atoms with Gasteiger partial charge in [-0.3, -0.25) is 0 Å². The molecule has 0 heterocycles. The topological polar surface area (TPSA) is 18.5 Å². The minimum Gasteiger partial charge on any atom is -0.497 e. The number of alkyl halides is 1. The highest BCUT2D eigenvalue weighted by Crippen LogP contribution is 2.37. The van der Waals surface area contributed by atoms with Gasteiger partial charge in [0.25, 0.3) is 0 Å². The molecule has 1 unspecified atom stereocenters. The van der Waals surface area contributed by atoms with Crippen molar-refractivity contribution >= 4 is 27.5 Å². The van der Waals surface area contributed by atoms with Gasteiger partial charge in [0.05, 0.1) is 24.1 Å². The summed E-state index contributed by atoms with van der Waals surface area (Å²) in [6.45, 7) is 0. The van der Waals surface area contributed by atoms with Gasteiger partial charge in [-0.25, -0.2) is 4.39 Å². The zero-order chi connectivity index (χ0) is 14.7. The molecule has 0 fully saturated rings. The monoisotopic (exact) mass is 358 g/mol. The fourth-order valence-electron chi connectivity index (χ4n) is 1.88. The summed E-state index contributed by atoms with van der Waals surface area (Å²) in [6.07, 6.45) is 0. The largest absolute Gasteiger partial charge is 0.497 e. The number of benzene rings is 2. The molecule has 0 saturated carbocycles. The molecule has 0 N–H and O–H groups in total. The molecule has 0 aliphatic carbocycles. The SMILES string of the molecule is COc1ccc(C(Cl)c2ccc(Br)c(F)c2)c(OC)c1. The molecule has 5 heteroatoms. The molecule has 2 rings (SSSR count). The van der Waals surface area contributed by atoms with Crippen LogP contribution in [0.5, 0.6) is 11.5 Å². The van der Waals surface area contributed by atoms with E-state index in [0.717, 1.165) is 5.56 Å². The summed E-state index contributed by atoms with van der Waals surface area (Å²) in [4.78, 5) is 0. The average molecular weight is 360 g/mol. The number of halogens is 3. The van der Waals surface area contributed by atoms with Crippen molar-refractivity contribution < 1.29 is 13.9 Å². The van der Waals surface area contributed by atoms with Gasteiger partial charge >= 0.3 is 0 Å². The molecule has 106 valence electrons. The van der Waals surface area contributed by atoms with Crippen LogP contribution in [0.3, 0.4) is 0 Å². The standard InChI is InChI=1S/C15H13BrClFO2/c1-19-10-4-5-11(14(8-10)20-2)15(17)9-3-6-12(16)13(18)7-9/h3-8,15H,1-2H3. The van der Waals surface area contributed by atoms with Crippen molar-refractivity contribution in [2.75, 3.05) is 14.2 Å². The van der Waals surface area contributed by atoms with E-state index in [1.165, 1.54) is 6.07 Å². The van der Waals surface area contributed by atoms with E-state index in [9.17, 15) is 4.39 Å². The molecule has 0 amide bonds. The van der Waals surface area contributed by atoms with E-state index in [0.29, 0.717) is 21.5 Å². The first kappa shape index (κ1) is 15.1. The maximum Gasteiger partial charge on any atom is 0.137 e. The number of ether oxygens (including phenoxy) is 2. The first-order valence-corrected chi connectivity index (χ1v) is 7.10. The van der Waals surface area contributed by atoms with Gasteiger partial charge in [-0.05, 0) is 45.8 Å². The Bertz CT molecular complexity index is 619. The summed E-state index contributed by atoms with van der Waals surface area (Å²) in [5.74, 6) is 0.935. The van der Waals surface area contributed by atoms with Crippen LogP contribution in [-0.2, 0) is 0 Å². The van der Waals surface area contributed by atoms with Crippen LogP contribution in [-0.4, -0.2) is 14.2 Å². The molecule has 0 aliphatic heterocycles. The Morgan fingerprint density at radius 3 is 2.45 bits per heavy atom. The van der Waals surface area contributed by atoms with Crippen LogP contribution in [0.1, 0.15) is 16.5 Å². The Morgan fingerprint density at radius 1 is 1.10 bits per heavy atom. The lowest BCUT2D eigenvalue weighted by Gasteiger charge is -2.15. The van der Waals surface area contributed by atoms with Gasteiger partial charge in [0.2, 0.25) is 0 Å². The second-order valence-electron chi connectivity index (χ2n) is 4.14. The smallest absolute Gasteiger partial charge is 0.137 e. The van der Waals surface area contributed by atoms with E-state index in [1.54, 1.807) is 38.5 Å². The van der Waals surface area contributed by atoms with Crippen molar-refractivity contribution in [3.63, 3.8) is 0 Å². The first-order chi connectivity index (χ1) is 9.56. The zero-order valence-corrected chi connectivity index (χ0v) is 13.3. The molecular formula is C15H13BrClFO2. The molecule has 0 radical (unpaired) electrons. The minimum absolute atomic E-state index is 0.347. The van der Waals surface area contributed by atoms with Gasteiger partial charge in [-0.2, -0.15) is 0 Å². The van der Waals surface area contributed by atoms with Gasteiger partial charge in [-0.1, -0.05) is 6.07 Å². The average Bonchev–Trinajstić information content (AvgIpc) is 2.48. The Morgan fingerprint density at radius 2 is 1.85 bits per heavy atom. The van der Waals surface area contributed by atoms with Gasteiger partial charge < -0.3 is 9.47 Å². The van der Waals surface area contributed by atoms with E-state index < -0.39 is 5.38 Å². The summed E-state index contributed by atoms with van der Waals surface area (Å²) >= 11 is 9.56. The van der Waals surface area contributed by atoms with E-state index in [4.69, 9.17) is 21.1 Å². The molecule has 20 heavy (non-hydrogen) atoms. The highest BCUT2D eigenvalue weighted by molar-refractivity contribution is 9.10. The zero-order valence-electron chi connectivity index (χ0n) is 11.0. The third-order valence-electron chi connectivity index (χ3n) is 2.95. The predicted molar refractivity (Wildman–Crippen MR) is 81.3 cm³/mol. The highest BCUT2D eigenvalue weighted by Gasteiger charge is 2.17. The maximum absolute atomic E-state index is 13.6. The lowest BCUT2D eigenvalue weighted by atomic mass is 10.0.